The summed E-state index contributed by atoms with van der Waals surface area (Å²) in [5.41, 5.74) is -0.880. The van der Waals surface area contributed by atoms with Crippen LogP contribution in [-0.2, 0) is 0 Å². The van der Waals surface area contributed by atoms with Gasteiger partial charge in [-0.05, 0) is 18.9 Å². The summed E-state index contributed by atoms with van der Waals surface area (Å²) >= 11 is 0. The van der Waals surface area contributed by atoms with Gasteiger partial charge in [-0.2, -0.15) is 0 Å². The first-order chi connectivity index (χ1) is 5.08. The Morgan fingerprint density at radius 3 is 2.36 bits per heavy atom. The van der Waals surface area contributed by atoms with Gasteiger partial charge in [0.2, 0.25) is 0 Å². The van der Waals surface area contributed by atoms with E-state index in [1.54, 1.807) is 0 Å². The Morgan fingerprint density at radius 2 is 2.00 bits per heavy atom. The van der Waals surface area contributed by atoms with E-state index >= 15 is 0 Å². The molecule has 1 heterocycles. The van der Waals surface area contributed by atoms with Crippen LogP contribution in [0.5, 0.6) is 0 Å². The van der Waals surface area contributed by atoms with E-state index in [0.29, 0.717) is 13.1 Å². The summed E-state index contributed by atoms with van der Waals surface area (Å²) in [6.45, 7) is 8.41. The van der Waals surface area contributed by atoms with Gasteiger partial charge < -0.3 is 0 Å². The number of alkyl halides is 1. The fourth-order valence-electron chi connectivity index (χ4n) is 1.54. The van der Waals surface area contributed by atoms with Crippen molar-refractivity contribution in [1.29, 1.82) is 0 Å². The van der Waals surface area contributed by atoms with Gasteiger partial charge in [0.25, 0.3) is 0 Å². The number of likely N-dealkylation sites (tertiary alicyclic amines) is 1. The SMILES string of the molecule is CCCN1CC(F)(C(C)C)C1. The molecule has 0 unspecified atom stereocenters. The molecule has 2 heteroatoms. The number of rotatable bonds is 3. The van der Waals surface area contributed by atoms with E-state index in [9.17, 15) is 4.39 Å². The lowest BCUT2D eigenvalue weighted by Gasteiger charge is -2.47. The highest BCUT2D eigenvalue weighted by molar-refractivity contribution is 4.97. The molecule has 0 atom stereocenters. The number of hydrogen-bond donors (Lipinski definition) is 0. The lowest BCUT2D eigenvalue weighted by Crippen LogP contribution is -2.61. The Labute approximate surface area is 68.6 Å². The third-order valence-electron chi connectivity index (χ3n) is 2.55. The molecule has 0 aliphatic carbocycles. The van der Waals surface area contributed by atoms with E-state index in [2.05, 4.69) is 11.8 Å². The van der Waals surface area contributed by atoms with Gasteiger partial charge >= 0.3 is 0 Å². The molecule has 0 spiro atoms. The van der Waals surface area contributed by atoms with Gasteiger partial charge in [-0.3, -0.25) is 4.90 Å². The molecule has 1 saturated heterocycles. The maximum absolute atomic E-state index is 13.6. The Balaban J connectivity index is 2.26. The van der Waals surface area contributed by atoms with Gasteiger partial charge in [0.05, 0.1) is 0 Å². The van der Waals surface area contributed by atoms with Gasteiger partial charge in [-0.15, -0.1) is 0 Å². The van der Waals surface area contributed by atoms with Crippen LogP contribution in [0.4, 0.5) is 4.39 Å². The minimum Gasteiger partial charge on any atom is -0.297 e. The molecular weight excluding hydrogens is 141 g/mol. The number of nitrogens with zero attached hydrogens (tertiary/aromatic N) is 1. The van der Waals surface area contributed by atoms with Crippen LogP contribution < -0.4 is 0 Å². The predicted molar refractivity (Wildman–Crippen MR) is 45.4 cm³/mol. The molecule has 1 rings (SSSR count). The Kier molecular flexibility index (Phi) is 2.53. The Bertz CT molecular complexity index is 128. The second-order valence-electron chi connectivity index (χ2n) is 3.90. The van der Waals surface area contributed by atoms with Gasteiger partial charge in [-0.1, -0.05) is 20.8 Å². The smallest absolute Gasteiger partial charge is 0.138 e. The molecule has 0 radical (unpaired) electrons. The monoisotopic (exact) mass is 159 g/mol. The maximum Gasteiger partial charge on any atom is 0.138 e. The minimum absolute atomic E-state index is 0.176. The van der Waals surface area contributed by atoms with Crippen molar-refractivity contribution < 1.29 is 4.39 Å². The fourth-order valence-corrected chi connectivity index (χ4v) is 1.54. The van der Waals surface area contributed by atoms with Crippen LogP contribution in [0.2, 0.25) is 0 Å². The topological polar surface area (TPSA) is 3.24 Å². The summed E-state index contributed by atoms with van der Waals surface area (Å²) in [5.74, 6) is 0.176. The van der Waals surface area contributed by atoms with Crippen LogP contribution in [0.3, 0.4) is 0 Å². The van der Waals surface area contributed by atoms with Crippen molar-refractivity contribution in [3.8, 4) is 0 Å². The molecule has 66 valence electrons. The number of hydrogen-bond acceptors (Lipinski definition) is 1. The summed E-state index contributed by atoms with van der Waals surface area (Å²) < 4.78 is 13.6. The molecule has 0 saturated carbocycles. The lowest BCUT2D eigenvalue weighted by atomic mass is 9.85. The van der Waals surface area contributed by atoms with E-state index in [1.807, 2.05) is 13.8 Å². The molecule has 1 aliphatic rings. The average molecular weight is 159 g/mol. The quantitative estimate of drug-likeness (QED) is 0.609. The molecule has 1 nitrogen and oxygen atoms in total. The molecule has 0 aromatic carbocycles. The molecule has 11 heavy (non-hydrogen) atoms. The predicted octanol–water partition coefficient (Wildman–Crippen LogP) is 2.08. The van der Waals surface area contributed by atoms with Crippen LogP contribution >= 0.6 is 0 Å². The molecule has 0 aromatic rings. The van der Waals surface area contributed by atoms with Gasteiger partial charge in [-0.25, -0.2) is 4.39 Å². The zero-order valence-electron chi connectivity index (χ0n) is 7.73. The minimum atomic E-state index is -0.880. The molecule has 0 N–H and O–H groups in total. The van der Waals surface area contributed by atoms with Crippen molar-refractivity contribution in [3.63, 3.8) is 0 Å². The highest BCUT2D eigenvalue weighted by Gasteiger charge is 2.45. The van der Waals surface area contributed by atoms with Crippen LogP contribution in [0.15, 0.2) is 0 Å². The summed E-state index contributed by atoms with van der Waals surface area (Å²) in [6.07, 6.45) is 1.13. The molecule has 1 aliphatic heterocycles. The molecule has 0 bridgehead atoms. The summed E-state index contributed by atoms with van der Waals surface area (Å²) in [7, 11) is 0. The average Bonchev–Trinajstić information content (AvgIpc) is 1.84. The molecule has 0 aromatic heterocycles. The van der Waals surface area contributed by atoms with E-state index in [4.69, 9.17) is 0 Å². The van der Waals surface area contributed by atoms with Crippen molar-refractivity contribution in [2.45, 2.75) is 32.9 Å². The van der Waals surface area contributed by atoms with Gasteiger partial charge in [0.1, 0.15) is 5.67 Å². The van der Waals surface area contributed by atoms with Crippen molar-refractivity contribution in [3.05, 3.63) is 0 Å². The lowest BCUT2D eigenvalue weighted by molar-refractivity contribution is -0.0640. The van der Waals surface area contributed by atoms with Crippen molar-refractivity contribution in [2.75, 3.05) is 19.6 Å². The van der Waals surface area contributed by atoms with Crippen molar-refractivity contribution >= 4 is 0 Å². The second-order valence-corrected chi connectivity index (χ2v) is 3.90. The third kappa shape index (κ3) is 1.73. The highest BCUT2D eigenvalue weighted by Crippen LogP contribution is 2.32. The van der Waals surface area contributed by atoms with Crippen LogP contribution in [0, 0.1) is 5.92 Å². The first kappa shape index (κ1) is 8.98. The zero-order chi connectivity index (χ0) is 8.48. The zero-order valence-corrected chi connectivity index (χ0v) is 7.73. The molecular formula is C9H18FN. The van der Waals surface area contributed by atoms with E-state index < -0.39 is 5.67 Å². The number of halogens is 1. The van der Waals surface area contributed by atoms with Crippen LogP contribution in [-0.4, -0.2) is 30.2 Å². The van der Waals surface area contributed by atoms with Crippen LogP contribution in [0.1, 0.15) is 27.2 Å². The summed E-state index contributed by atoms with van der Waals surface area (Å²) in [5, 5.41) is 0. The maximum atomic E-state index is 13.6. The van der Waals surface area contributed by atoms with Gasteiger partial charge in [0, 0.05) is 13.1 Å². The Morgan fingerprint density at radius 1 is 1.45 bits per heavy atom. The first-order valence-corrected chi connectivity index (χ1v) is 4.50. The van der Waals surface area contributed by atoms with Gasteiger partial charge in [0.15, 0.2) is 0 Å². The normalized spacial score (nSPS) is 23.7. The van der Waals surface area contributed by atoms with E-state index in [0.717, 1.165) is 13.0 Å². The standard InChI is InChI=1S/C9H18FN/c1-4-5-11-6-9(10,7-11)8(2)3/h8H,4-7H2,1-3H3. The van der Waals surface area contributed by atoms with Crippen LogP contribution in [0.25, 0.3) is 0 Å². The molecule has 1 fully saturated rings. The van der Waals surface area contributed by atoms with E-state index in [1.165, 1.54) is 0 Å². The fraction of sp³-hybridized carbons (Fsp3) is 1.00. The summed E-state index contributed by atoms with van der Waals surface area (Å²) in [4.78, 5) is 2.18. The third-order valence-corrected chi connectivity index (χ3v) is 2.55. The van der Waals surface area contributed by atoms with Crippen molar-refractivity contribution in [2.24, 2.45) is 5.92 Å². The first-order valence-electron chi connectivity index (χ1n) is 4.50. The van der Waals surface area contributed by atoms with E-state index in [-0.39, 0.29) is 5.92 Å². The van der Waals surface area contributed by atoms with Crippen molar-refractivity contribution in [1.82, 2.24) is 4.90 Å². The summed E-state index contributed by atoms with van der Waals surface area (Å²) in [6, 6.07) is 0. The second kappa shape index (κ2) is 3.10. The Hall–Kier alpha value is -0.110. The largest absolute Gasteiger partial charge is 0.297 e. The highest BCUT2D eigenvalue weighted by atomic mass is 19.1. The molecule has 0 amide bonds.